The molecule has 11 heteroatoms. The monoisotopic (exact) mass is 566 g/mol. The van der Waals surface area contributed by atoms with Crippen molar-refractivity contribution in [3.05, 3.63) is 68.7 Å². The van der Waals surface area contributed by atoms with E-state index in [0.717, 1.165) is 22.7 Å². The molecule has 1 aliphatic carbocycles. The third kappa shape index (κ3) is 3.20. The summed E-state index contributed by atoms with van der Waals surface area (Å²) in [5.41, 5.74) is 3.77. The number of rotatable bonds is 3. The molecule has 0 fully saturated rings. The van der Waals surface area contributed by atoms with Gasteiger partial charge >= 0.3 is 17.8 Å². The van der Waals surface area contributed by atoms with Gasteiger partial charge in [-0.2, -0.15) is 26.3 Å². The molecule has 0 aliphatic heterocycles. The number of thiazole rings is 1. The molecule has 0 amide bonds. The first-order valence-corrected chi connectivity index (χ1v) is 13.5. The summed E-state index contributed by atoms with van der Waals surface area (Å²) < 4.78 is 93.2. The van der Waals surface area contributed by atoms with Crippen molar-refractivity contribution in [3.8, 4) is 11.3 Å². The maximum Gasteiger partial charge on any atom is 0.380 e. The van der Waals surface area contributed by atoms with E-state index in [9.17, 15) is 8.78 Å². The number of alkyl halides is 6. The zero-order chi connectivity index (χ0) is 26.5. The Bertz CT molecular complexity index is 1760. The van der Waals surface area contributed by atoms with Crippen molar-refractivity contribution in [3.63, 3.8) is 0 Å². The Hall–Kier alpha value is -2.89. The molecule has 1 aliphatic rings. The van der Waals surface area contributed by atoms with Crippen LogP contribution in [0.5, 0.6) is 0 Å². The average Bonchev–Trinajstić information content (AvgIpc) is 3.52. The quantitative estimate of drug-likeness (QED) is 0.221. The predicted molar refractivity (Wildman–Crippen MR) is 140 cm³/mol. The first-order valence-electron chi connectivity index (χ1n) is 11.0. The van der Waals surface area contributed by atoms with Crippen LogP contribution in [-0.4, -0.2) is 22.8 Å². The van der Waals surface area contributed by atoms with Gasteiger partial charge in [0.1, 0.15) is 0 Å². The Balaban J connectivity index is 1.70. The van der Waals surface area contributed by atoms with Crippen LogP contribution in [0.3, 0.4) is 0 Å². The summed E-state index contributed by atoms with van der Waals surface area (Å²) in [5.74, 6) is -15.8. The largest absolute Gasteiger partial charge is 0.380 e. The number of aryl methyl sites for hydroxylation is 2. The number of aromatic nitrogens is 1. The number of nitrogens with two attached hydrogens (primary N) is 1. The van der Waals surface area contributed by atoms with E-state index in [1.165, 1.54) is 37.3 Å². The highest BCUT2D eigenvalue weighted by atomic mass is 32.1. The van der Waals surface area contributed by atoms with Crippen LogP contribution in [0.2, 0.25) is 0 Å². The van der Waals surface area contributed by atoms with Crippen LogP contribution in [0.4, 0.5) is 31.5 Å². The standard InChI is InChI=1S/C26H16F6N2S3/c1-11-19(14-5-3-4-6-17(14)36-11)21-22(25(29,30)26(31,32)24(21,27)28)20-12(2)37-18-9-13(7-8-15(18)20)16-10-35-23(33)34-16/h3-10H,1-2H3,(H2,33,34). The molecule has 3 heterocycles. The molecule has 0 saturated carbocycles. The van der Waals surface area contributed by atoms with Gasteiger partial charge in [0, 0.05) is 63.1 Å². The van der Waals surface area contributed by atoms with Crippen molar-refractivity contribution in [1.82, 2.24) is 4.98 Å². The minimum absolute atomic E-state index is 0.201. The van der Waals surface area contributed by atoms with Gasteiger partial charge in [0.05, 0.1) is 5.69 Å². The highest BCUT2D eigenvalue weighted by Crippen LogP contribution is 2.67. The molecule has 2 aromatic carbocycles. The minimum atomic E-state index is -5.61. The lowest BCUT2D eigenvalue weighted by Crippen LogP contribution is -2.48. The van der Waals surface area contributed by atoms with Crippen molar-refractivity contribution in [2.45, 2.75) is 31.6 Å². The molecular formula is C26H16F6N2S3. The molecule has 2 nitrogen and oxygen atoms in total. The fourth-order valence-corrected chi connectivity index (χ4v) is 7.73. The lowest BCUT2D eigenvalue weighted by Gasteiger charge is -2.26. The van der Waals surface area contributed by atoms with E-state index in [1.807, 2.05) is 0 Å². The predicted octanol–water partition coefficient (Wildman–Crippen LogP) is 9.27. The van der Waals surface area contributed by atoms with Gasteiger partial charge in [-0.3, -0.25) is 0 Å². The Morgan fingerprint density at radius 3 is 1.92 bits per heavy atom. The highest BCUT2D eigenvalue weighted by molar-refractivity contribution is 7.19. The maximum atomic E-state index is 15.6. The zero-order valence-electron chi connectivity index (χ0n) is 19.1. The third-order valence-electron chi connectivity index (χ3n) is 6.62. The van der Waals surface area contributed by atoms with Crippen LogP contribution in [-0.2, 0) is 0 Å². The Morgan fingerprint density at radius 2 is 1.32 bits per heavy atom. The van der Waals surface area contributed by atoms with Crippen LogP contribution in [0.25, 0.3) is 42.6 Å². The van der Waals surface area contributed by atoms with E-state index in [-0.39, 0.29) is 31.7 Å². The van der Waals surface area contributed by atoms with Gasteiger partial charge in [-0.25, -0.2) is 4.98 Å². The number of hydrogen-bond acceptors (Lipinski definition) is 5. The topological polar surface area (TPSA) is 38.9 Å². The summed E-state index contributed by atoms with van der Waals surface area (Å²) in [7, 11) is 0. The van der Waals surface area contributed by atoms with E-state index in [4.69, 9.17) is 5.73 Å². The van der Waals surface area contributed by atoms with E-state index >= 15 is 17.6 Å². The summed E-state index contributed by atoms with van der Waals surface area (Å²) in [6, 6.07) is 11.2. The van der Waals surface area contributed by atoms with Crippen molar-refractivity contribution in [2.75, 3.05) is 5.73 Å². The Morgan fingerprint density at radius 1 is 0.757 bits per heavy atom. The summed E-state index contributed by atoms with van der Waals surface area (Å²) in [4.78, 5) is 4.72. The van der Waals surface area contributed by atoms with Crippen LogP contribution in [0.15, 0.2) is 47.8 Å². The summed E-state index contributed by atoms with van der Waals surface area (Å²) in [6.07, 6.45) is 0. The molecule has 6 rings (SSSR count). The molecule has 5 aromatic rings. The Kier molecular flexibility index (Phi) is 5.16. The van der Waals surface area contributed by atoms with Gasteiger partial charge in [-0.15, -0.1) is 34.0 Å². The summed E-state index contributed by atoms with van der Waals surface area (Å²) >= 11 is 3.41. The van der Waals surface area contributed by atoms with Crippen molar-refractivity contribution >= 4 is 70.5 Å². The van der Waals surface area contributed by atoms with Gasteiger partial charge in [-0.05, 0) is 26.0 Å². The van der Waals surface area contributed by atoms with E-state index in [1.54, 1.807) is 35.7 Å². The van der Waals surface area contributed by atoms with Gasteiger partial charge < -0.3 is 5.73 Å². The minimum Gasteiger partial charge on any atom is -0.375 e. The van der Waals surface area contributed by atoms with Crippen LogP contribution in [0.1, 0.15) is 20.9 Å². The molecule has 0 radical (unpaired) electrons. The second kappa shape index (κ2) is 7.81. The highest BCUT2D eigenvalue weighted by Gasteiger charge is 2.80. The van der Waals surface area contributed by atoms with Gasteiger partial charge in [-0.1, -0.05) is 30.3 Å². The number of nitrogens with zero attached hydrogens (tertiary/aromatic N) is 1. The van der Waals surface area contributed by atoms with Gasteiger partial charge in [0.2, 0.25) is 0 Å². The van der Waals surface area contributed by atoms with Crippen LogP contribution in [0, 0.1) is 13.8 Å². The first kappa shape index (κ1) is 24.4. The molecule has 37 heavy (non-hydrogen) atoms. The fraction of sp³-hybridized carbons (Fsp3) is 0.192. The van der Waals surface area contributed by atoms with Crippen LogP contribution >= 0.6 is 34.0 Å². The number of nitrogen functional groups attached to an aromatic ring is 1. The molecule has 2 N–H and O–H groups in total. The smallest absolute Gasteiger partial charge is 0.375 e. The lowest BCUT2D eigenvalue weighted by molar-refractivity contribution is -0.254. The Labute approximate surface area is 218 Å². The third-order valence-corrected chi connectivity index (χ3v) is 9.45. The SMILES string of the molecule is Cc1sc2ccccc2c1C1=C(c2c(C)sc3cc(-c4csc(N)n4)ccc23)C(F)(F)C(F)(F)C1(F)F. The summed E-state index contributed by atoms with van der Waals surface area (Å²) in [5, 5.41) is 2.52. The number of hydrogen-bond donors (Lipinski definition) is 1. The molecule has 0 atom stereocenters. The summed E-state index contributed by atoms with van der Waals surface area (Å²) in [6.45, 7) is 2.97. The van der Waals surface area contributed by atoms with Gasteiger partial charge in [0.25, 0.3) is 0 Å². The normalized spacial score (nSPS) is 18.4. The molecule has 190 valence electrons. The second-order valence-electron chi connectivity index (χ2n) is 8.82. The zero-order valence-corrected chi connectivity index (χ0v) is 21.6. The molecule has 0 bridgehead atoms. The van der Waals surface area contributed by atoms with Crippen molar-refractivity contribution < 1.29 is 26.3 Å². The van der Waals surface area contributed by atoms with Crippen molar-refractivity contribution in [1.29, 1.82) is 0 Å². The fourth-order valence-electron chi connectivity index (χ4n) is 4.98. The second-order valence-corrected chi connectivity index (χ2v) is 12.2. The number of thiophene rings is 2. The van der Waals surface area contributed by atoms with E-state index < -0.39 is 28.9 Å². The maximum absolute atomic E-state index is 15.6. The number of allylic oxidation sites excluding steroid dienone is 2. The molecule has 0 spiro atoms. The van der Waals surface area contributed by atoms with Crippen LogP contribution < -0.4 is 5.73 Å². The molecule has 0 saturated heterocycles. The van der Waals surface area contributed by atoms with Gasteiger partial charge in [0.15, 0.2) is 5.13 Å². The first-order chi connectivity index (χ1) is 17.4. The molecule has 0 unspecified atom stereocenters. The number of fused-ring (bicyclic) bond motifs is 2. The number of anilines is 1. The number of benzene rings is 2. The molecular weight excluding hydrogens is 550 g/mol. The van der Waals surface area contributed by atoms with E-state index in [2.05, 4.69) is 4.98 Å². The lowest BCUT2D eigenvalue weighted by atomic mass is 9.91. The van der Waals surface area contributed by atoms with E-state index in [0.29, 0.717) is 25.8 Å². The number of halogens is 6. The molecule has 3 aromatic heterocycles. The van der Waals surface area contributed by atoms with Crippen molar-refractivity contribution in [2.24, 2.45) is 0 Å². The average molecular weight is 567 g/mol.